The number of nitrogen functional groups attached to an aromatic ring is 1. The van der Waals surface area contributed by atoms with E-state index in [1.54, 1.807) is 0 Å². The van der Waals surface area contributed by atoms with Crippen molar-refractivity contribution in [2.75, 3.05) is 17.2 Å². The molecule has 1 aromatic heterocycles. The van der Waals surface area contributed by atoms with Crippen molar-refractivity contribution >= 4 is 28.5 Å². The molecule has 3 rings (SSSR count). The number of hydrogen-bond acceptors (Lipinski definition) is 3. The van der Waals surface area contributed by atoms with E-state index in [0.29, 0.717) is 0 Å². The summed E-state index contributed by atoms with van der Waals surface area (Å²) in [5.41, 5.74) is 8.63. The fraction of sp³-hybridized carbons (Fsp3) is 0.533. The monoisotopic (exact) mass is 275 g/mol. The van der Waals surface area contributed by atoms with Gasteiger partial charge in [-0.15, -0.1) is 0 Å². The highest BCUT2D eigenvalue weighted by Gasteiger charge is 2.14. The smallest absolute Gasteiger partial charge is 0.108 e. The molecule has 102 valence electrons. The molecule has 2 aromatic rings. The normalized spacial score (nSPS) is 16.4. The summed E-state index contributed by atoms with van der Waals surface area (Å²) in [5.74, 6) is 4.54. The number of nitrogens with one attached hydrogen (secondary N) is 1. The first-order valence-corrected chi connectivity index (χ1v) is 8.28. The molecular weight excluding hydrogens is 254 g/mol. The third-order valence-corrected chi connectivity index (χ3v) is 5.07. The summed E-state index contributed by atoms with van der Waals surface area (Å²) in [7, 11) is 0. The number of fused-ring (bicyclic) bond motifs is 1. The number of hydrogen-bond donors (Lipinski definition) is 2. The topological polar surface area (TPSA) is 54.7 Å². The van der Waals surface area contributed by atoms with Gasteiger partial charge in [-0.1, -0.05) is 12.8 Å². The fourth-order valence-electron chi connectivity index (χ4n) is 2.79. The molecule has 0 aliphatic heterocycles. The maximum Gasteiger partial charge on any atom is 0.108 e. The van der Waals surface area contributed by atoms with Gasteiger partial charge in [-0.3, -0.25) is 0 Å². The molecule has 1 aliphatic carbocycles. The molecule has 0 spiro atoms. The van der Waals surface area contributed by atoms with Gasteiger partial charge in [0, 0.05) is 17.9 Å². The van der Waals surface area contributed by atoms with Crippen molar-refractivity contribution in [1.29, 1.82) is 0 Å². The zero-order valence-electron chi connectivity index (χ0n) is 11.2. The van der Waals surface area contributed by atoms with Crippen LogP contribution in [0.2, 0.25) is 0 Å². The lowest BCUT2D eigenvalue weighted by molar-refractivity contribution is 0.623. The molecule has 1 aliphatic rings. The highest BCUT2D eigenvalue weighted by atomic mass is 32.2. The maximum atomic E-state index is 5.77. The van der Waals surface area contributed by atoms with Gasteiger partial charge in [-0.2, -0.15) is 11.8 Å². The number of nitrogens with two attached hydrogens (primary N) is 1. The molecular formula is C15H21N3S. The number of benzene rings is 1. The average molecular weight is 275 g/mol. The zero-order valence-corrected chi connectivity index (χ0v) is 12.0. The molecule has 3 N–H and O–H groups in total. The molecule has 1 saturated carbocycles. The molecule has 1 aromatic carbocycles. The Labute approximate surface area is 118 Å². The number of thioether (sulfide) groups is 1. The van der Waals surface area contributed by atoms with Crippen LogP contribution in [0.4, 0.5) is 5.69 Å². The predicted octanol–water partition coefficient (Wildman–Crippen LogP) is 3.61. The Morgan fingerprint density at radius 1 is 1.32 bits per heavy atom. The summed E-state index contributed by atoms with van der Waals surface area (Å²) in [6.45, 7) is 0. The van der Waals surface area contributed by atoms with Crippen LogP contribution in [0.5, 0.6) is 0 Å². The van der Waals surface area contributed by atoms with E-state index in [9.17, 15) is 0 Å². The summed E-state index contributed by atoms with van der Waals surface area (Å²) in [4.78, 5) is 7.96. The van der Waals surface area contributed by atoms with Gasteiger partial charge in [0.25, 0.3) is 0 Å². The number of aryl methyl sites for hydroxylation is 1. The molecule has 0 unspecified atom stereocenters. The van der Waals surface area contributed by atoms with E-state index >= 15 is 0 Å². The van der Waals surface area contributed by atoms with Crippen molar-refractivity contribution in [3.05, 3.63) is 24.0 Å². The molecule has 0 radical (unpaired) electrons. The van der Waals surface area contributed by atoms with Crippen LogP contribution in [0.15, 0.2) is 18.2 Å². The Kier molecular flexibility index (Phi) is 3.97. The van der Waals surface area contributed by atoms with E-state index in [-0.39, 0.29) is 0 Å². The first-order chi connectivity index (χ1) is 9.31. The van der Waals surface area contributed by atoms with Gasteiger partial charge in [0.1, 0.15) is 5.82 Å². The highest BCUT2D eigenvalue weighted by molar-refractivity contribution is 7.99. The summed E-state index contributed by atoms with van der Waals surface area (Å²) < 4.78 is 0. The Morgan fingerprint density at radius 2 is 2.16 bits per heavy atom. The van der Waals surface area contributed by atoms with Gasteiger partial charge in [-0.05, 0) is 42.7 Å². The number of imidazole rings is 1. The van der Waals surface area contributed by atoms with E-state index in [2.05, 4.69) is 21.7 Å². The van der Waals surface area contributed by atoms with E-state index in [1.165, 1.54) is 31.4 Å². The highest BCUT2D eigenvalue weighted by Crippen LogP contribution is 2.28. The second-order valence-corrected chi connectivity index (χ2v) is 6.59. The minimum atomic E-state index is 0.790. The quantitative estimate of drug-likeness (QED) is 0.647. The molecule has 0 saturated heterocycles. The Balaban J connectivity index is 1.50. The van der Waals surface area contributed by atoms with Gasteiger partial charge in [-0.25, -0.2) is 4.98 Å². The van der Waals surface area contributed by atoms with Crippen molar-refractivity contribution in [1.82, 2.24) is 9.97 Å². The lowest BCUT2D eigenvalue weighted by Gasteiger charge is -2.06. The van der Waals surface area contributed by atoms with E-state index < -0.39 is 0 Å². The average Bonchev–Trinajstić information content (AvgIpc) is 3.02. The third-order valence-electron chi connectivity index (χ3n) is 3.87. The summed E-state index contributed by atoms with van der Waals surface area (Å²) in [6.07, 6.45) is 6.78. The second kappa shape index (κ2) is 5.87. The van der Waals surface area contributed by atoms with E-state index in [1.807, 2.05) is 18.2 Å². The van der Waals surface area contributed by atoms with Crippen molar-refractivity contribution in [2.24, 2.45) is 5.92 Å². The summed E-state index contributed by atoms with van der Waals surface area (Å²) in [6, 6.07) is 5.84. The SMILES string of the molecule is Nc1ccc2nc(CCSCC3CCCC3)[nH]c2c1. The zero-order chi connectivity index (χ0) is 13.1. The van der Waals surface area contributed by atoms with Crippen LogP contribution in [-0.4, -0.2) is 21.5 Å². The van der Waals surface area contributed by atoms with E-state index in [0.717, 1.165) is 40.6 Å². The first kappa shape index (κ1) is 12.9. The van der Waals surface area contributed by atoms with Gasteiger partial charge < -0.3 is 10.7 Å². The van der Waals surface area contributed by atoms with Gasteiger partial charge in [0.05, 0.1) is 11.0 Å². The molecule has 3 nitrogen and oxygen atoms in total. The minimum Gasteiger partial charge on any atom is -0.399 e. The lowest BCUT2D eigenvalue weighted by atomic mass is 10.1. The first-order valence-electron chi connectivity index (χ1n) is 7.13. The van der Waals surface area contributed by atoms with Crippen LogP contribution < -0.4 is 5.73 Å². The minimum absolute atomic E-state index is 0.790. The number of nitrogens with zero attached hydrogens (tertiary/aromatic N) is 1. The maximum absolute atomic E-state index is 5.77. The standard InChI is InChI=1S/C15H21N3S/c16-12-5-6-13-14(9-12)18-15(17-13)7-8-19-10-11-3-1-2-4-11/h5-6,9,11H,1-4,7-8,10,16H2,(H,17,18). The predicted molar refractivity (Wildman–Crippen MR) is 83.5 cm³/mol. The third kappa shape index (κ3) is 3.24. The van der Waals surface area contributed by atoms with Gasteiger partial charge in [0.2, 0.25) is 0 Å². The molecule has 1 heterocycles. The van der Waals surface area contributed by atoms with Crippen molar-refractivity contribution in [3.8, 4) is 0 Å². The number of aromatic amines is 1. The van der Waals surface area contributed by atoms with Crippen molar-refractivity contribution < 1.29 is 0 Å². The summed E-state index contributed by atoms with van der Waals surface area (Å²) in [5, 5.41) is 0. The fourth-order valence-corrected chi connectivity index (χ4v) is 3.97. The van der Waals surface area contributed by atoms with Crippen LogP contribution in [0.1, 0.15) is 31.5 Å². The Morgan fingerprint density at radius 3 is 3.00 bits per heavy atom. The largest absolute Gasteiger partial charge is 0.399 e. The molecule has 19 heavy (non-hydrogen) atoms. The van der Waals surface area contributed by atoms with Gasteiger partial charge in [0.15, 0.2) is 0 Å². The number of aromatic nitrogens is 2. The van der Waals surface area contributed by atoms with Crippen molar-refractivity contribution in [2.45, 2.75) is 32.1 Å². The van der Waals surface area contributed by atoms with Crippen LogP contribution in [0, 0.1) is 5.92 Å². The Hall–Kier alpha value is -1.16. The molecule has 0 bridgehead atoms. The Bertz CT molecular complexity index is 543. The number of H-pyrrole nitrogens is 1. The number of anilines is 1. The number of rotatable bonds is 5. The molecule has 4 heteroatoms. The van der Waals surface area contributed by atoms with Gasteiger partial charge >= 0.3 is 0 Å². The molecule has 1 fully saturated rings. The van der Waals surface area contributed by atoms with Crippen molar-refractivity contribution in [3.63, 3.8) is 0 Å². The summed E-state index contributed by atoms with van der Waals surface area (Å²) >= 11 is 2.07. The van der Waals surface area contributed by atoms with E-state index in [4.69, 9.17) is 5.73 Å². The van der Waals surface area contributed by atoms with Crippen LogP contribution in [0.3, 0.4) is 0 Å². The second-order valence-electron chi connectivity index (χ2n) is 5.44. The molecule has 0 atom stereocenters. The molecule has 0 amide bonds. The lowest BCUT2D eigenvalue weighted by Crippen LogP contribution is -1.99. The van der Waals surface area contributed by atoms with Crippen LogP contribution in [-0.2, 0) is 6.42 Å². The van der Waals surface area contributed by atoms with Crippen LogP contribution >= 0.6 is 11.8 Å². The van der Waals surface area contributed by atoms with Crippen LogP contribution in [0.25, 0.3) is 11.0 Å².